The van der Waals surface area contributed by atoms with Crippen molar-refractivity contribution in [3.8, 4) is 0 Å². The van der Waals surface area contributed by atoms with Gasteiger partial charge in [0.15, 0.2) is 0 Å². The molecule has 1 heterocycles. The highest BCUT2D eigenvalue weighted by Gasteiger charge is 2.14. The second-order valence-corrected chi connectivity index (χ2v) is 4.65. The van der Waals surface area contributed by atoms with Crippen molar-refractivity contribution < 1.29 is 4.42 Å². The number of aryl methyl sites for hydroxylation is 2. The van der Waals surface area contributed by atoms with E-state index >= 15 is 0 Å². The Hall–Kier alpha value is -1.54. The number of hydrogen-bond acceptors (Lipinski definition) is 2. The summed E-state index contributed by atoms with van der Waals surface area (Å²) in [5.41, 5.74) is 3.99. The predicted molar refractivity (Wildman–Crippen MR) is 74.8 cm³/mol. The van der Waals surface area contributed by atoms with Crippen LogP contribution >= 0.6 is 0 Å². The summed E-state index contributed by atoms with van der Waals surface area (Å²) in [6, 6.07) is 11.2. The maximum atomic E-state index is 5.38. The standard InChI is InChI=1S/C16H21NO/c1-4-13-5-7-14(8-6-13)11-16(17-3)15-9-10-18-12(15)2/h5-10,16-17H,4,11H2,1-3H3. The van der Waals surface area contributed by atoms with E-state index in [2.05, 4.69) is 42.6 Å². The molecule has 1 aromatic carbocycles. The lowest BCUT2D eigenvalue weighted by Crippen LogP contribution is -2.19. The van der Waals surface area contributed by atoms with Crippen molar-refractivity contribution in [3.63, 3.8) is 0 Å². The number of likely N-dealkylation sites (N-methyl/N-ethyl adjacent to an activating group) is 1. The van der Waals surface area contributed by atoms with Crippen LogP contribution in [-0.4, -0.2) is 7.05 Å². The van der Waals surface area contributed by atoms with Gasteiger partial charge in [-0.3, -0.25) is 0 Å². The molecule has 0 amide bonds. The fraction of sp³-hybridized carbons (Fsp3) is 0.375. The van der Waals surface area contributed by atoms with Gasteiger partial charge >= 0.3 is 0 Å². The SMILES string of the molecule is CCc1ccc(CC(NC)c2ccoc2C)cc1. The maximum absolute atomic E-state index is 5.38. The monoisotopic (exact) mass is 243 g/mol. The molecule has 0 saturated carbocycles. The molecule has 18 heavy (non-hydrogen) atoms. The zero-order chi connectivity index (χ0) is 13.0. The molecule has 1 N–H and O–H groups in total. The van der Waals surface area contributed by atoms with Crippen LogP contribution in [-0.2, 0) is 12.8 Å². The molecule has 0 aliphatic carbocycles. The Kier molecular flexibility index (Phi) is 4.21. The Morgan fingerprint density at radius 2 is 1.78 bits per heavy atom. The molecule has 0 bridgehead atoms. The highest BCUT2D eigenvalue weighted by molar-refractivity contribution is 5.27. The summed E-state index contributed by atoms with van der Waals surface area (Å²) in [4.78, 5) is 0. The molecule has 2 nitrogen and oxygen atoms in total. The number of benzene rings is 1. The smallest absolute Gasteiger partial charge is 0.105 e. The van der Waals surface area contributed by atoms with Gasteiger partial charge < -0.3 is 9.73 Å². The summed E-state index contributed by atoms with van der Waals surface area (Å²) in [6.45, 7) is 4.19. The summed E-state index contributed by atoms with van der Waals surface area (Å²) in [6.07, 6.45) is 3.84. The van der Waals surface area contributed by atoms with Crippen LogP contribution in [0.4, 0.5) is 0 Å². The fourth-order valence-corrected chi connectivity index (χ4v) is 2.27. The third kappa shape index (κ3) is 2.82. The van der Waals surface area contributed by atoms with E-state index in [4.69, 9.17) is 4.42 Å². The molecule has 0 radical (unpaired) electrons. The molecule has 2 heteroatoms. The predicted octanol–water partition coefficient (Wildman–Crippen LogP) is 3.65. The maximum Gasteiger partial charge on any atom is 0.105 e. The third-order valence-electron chi connectivity index (χ3n) is 3.49. The van der Waals surface area contributed by atoms with Crippen LogP contribution in [0.5, 0.6) is 0 Å². The zero-order valence-corrected chi connectivity index (χ0v) is 11.4. The topological polar surface area (TPSA) is 25.2 Å². The van der Waals surface area contributed by atoms with E-state index in [1.54, 1.807) is 6.26 Å². The Morgan fingerprint density at radius 3 is 2.28 bits per heavy atom. The quantitative estimate of drug-likeness (QED) is 0.867. The van der Waals surface area contributed by atoms with E-state index in [0.29, 0.717) is 6.04 Å². The first-order valence-corrected chi connectivity index (χ1v) is 6.53. The van der Waals surface area contributed by atoms with Crippen LogP contribution in [0.15, 0.2) is 41.0 Å². The summed E-state index contributed by atoms with van der Waals surface area (Å²) >= 11 is 0. The van der Waals surface area contributed by atoms with E-state index in [1.807, 2.05) is 14.0 Å². The Labute approximate surface area is 109 Å². The van der Waals surface area contributed by atoms with Gasteiger partial charge in [-0.2, -0.15) is 0 Å². The van der Waals surface area contributed by atoms with Crippen LogP contribution in [0.2, 0.25) is 0 Å². The minimum Gasteiger partial charge on any atom is -0.469 e. The molecule has 0 aliphatic rings. The highest BCUT2D eigenvalue weighted by atomic mass is 16.3. The number of furan rings is 1. The summed E-state index contributed by atoms with van der Waals surface area (Å²) < 4.78 is 5.38. The number of nitrogens with one attached hydrogen (secondary N) is 1. The van der Waals surface area contributed by atoms with Crippen molar-refractivity contribution in [2.45, 2.75) is 32.7 Å². The van der Waals surface area contributed by atoms with Crippen LogP contribution in [0.1, 0.15) is 35.4 Å². The van der Waals surface area contributed by atoms with Gasteiger partial charge in [0.1, 0.15) is 5.76 Å². The summed E-state index contributed by atoms with van der Waals surface area (Å²) in [7, 11) is 2.00. The number of rotatable bonds is 5. The minimum atomic E-state index is 0.316. The van der Waals surface area contributed by atoms with Crippen LogP contribution in [0.25, 0.3) is 0 Å². The third-order valence-corrected chi connectivity index (χ3v) is 3.49. The molecule has 2 aromatic rings. The molecule has 0 saturated heterocycles. The summed E-state index contributed by atoms with van der Waals surface area (Å²) in [5, 5.41) is 3.36. The Balaban J connectivity index is 2.13. The van der Waals surface area contributed by atoms with Crippen LogP contribution < -0.4 is 5.32 Å². The van der Waals surface area contributed by atoms with Gasteiger partial charge in [-0.25, -0.2) is 0 Å². The molecular formula is C16H21NO. The molecule has 0 spiro atoms. The van der Waals surface area contributed by atoms with Crippen LogP contribution in [0.3, 0.4) is 0 Å². The van der Waals surface area contributed by atoms with Gasteiger partial charge in [-0.1, -0.05) is 31.2 Å². The van der Waals surface area contributed by atoms with E-state index in [9.17, 15) is 0 Å². The second kappa shape index (κ2) is 5.87. The zero-order valence-electron chi connectivity index (χ0n) is 11.4. The average Bonchev–Trinajstić information content (AvgIpc) is 2.83. The van der Waals surface area contributed by atoms with E-state index in [0.717, 1.165) is 18.6 Å². The first-order chi connectivity index (χ1) is 8.74. The van der Waals surface area contributed by atoms with Gasteiger partial charge in [0.2, 0.25) is 0 Å². The van der Waals surface area contributed by atoms with Gasteiger partial charge in [0.25, 0.3) is 0 Å². The Morgan fingerprint density at radius 1 is 1.11 bits per heavy atom. The molecule has 1 unspecified atom stereocenters. The lowest BCUT2D eigenvalue weighted by Gasteiger charge is -2.16. The summed E-state index contributed by atoms with van der Waals surface area (Å²) in [5.74, 6) is 1.000. The van der Waals surface area contributed by atoms with E-state index in [-0.39, 0.29) is 0 Å². The number of hydrogen-bond donors (Lipinski definition) is 1. The molecule has 96 valence electrons. The van der Waals surface area contributed by atoms with E-state index < -0.39 is 0 Å². The van der Waals surface area contributed by atoms with Gasteiger partial charge in [0.05, 0.1) is 6.26 Å². The molecular weight excluding hydrogens is 222 g/mol. The molecule has 0 aliphatic heterocycles. The highest BCUT2D eigenvalue weighted by Crippen LogP contribution is 2.22. The fourth-order valence-electron chi connectivity index (χ4n) is 2.27. The van der Waals surface area contributed by atoms with Crippen molar-refractivity contribution in [1.82, 2.24) is 5.32 Å². The molecule has 2 rings (SSSR count). The van der Waals surface area contributed by atoms with Crippen molar-refractivity contribution in [2.24, 2.45) is 0 Å². The molecule has 1 atom stereocenters. The first-order valence-electron chi connectivity index (χ1n) is 6.53. The Bertz CT molecular complexity index is 484. The molecule has 0 fully saturated rings. The molecule has 1 aromatic heterocycles. The largest absolute Gasteiger partial charge is 0.469 e. The van der Waals surface area contributed by atoms with Crippen molar-refractivity contribution in [2.75, 3.05) is 7.05 Å². The minimum absolute atomic E-state index is 0.316. The van der Waals surface area contributed by atoms with Crippen molar-refractivity contribution in [1.29, 1.82) is 0 Å². The van der Waals surface area contributed by atoms with Gasteiger partial charge in [0, 0.05) is 11.6 Å². The van der Waals surface area contributed by atoms with E-state index in [1.165, 1.54) is 16.7 Å². The second-order valence-electron chi connectivity index (χ2n) is 4.65. The van der Waals surface area contributed by atoms with Crippen molar-refractivity contribution >= 4 is 0 Å². The van der Waals surface area contributed by atoms with Crippen molar-refractivity contribution in [3.05, 3.63) is 59.0 Å². The van der Waals surface area contributed by atoms with Gasteiger partial charge in [-0.15, -0.1) is 0 Å². The normalized spacial score (nSPS) is 12.6. The lowest BCUT2D eigenvalue weighted by molar-refractivity contribution is 0.512. The first kappa shape index (κ1) is 12.9. The average molecular weight is 243 g/mol. The van der Waals surface area contributed by atoms with Gasteiger partial charge in [-0.05, 0) is 44.0 Å². The van der Waals surface area contributed by atoms with Crippen LogP contribution in [0, 0.1) is 6.92 Å². The lowest BCUT2D eigenvalue weighted by atomic mass is 9.98.